The fraction of sp³-hybridized carbons (Fsp3) is 0.441. The lowest BCUT2D eigenvalue weighted by atomic mass is 9.92. The van der Waals surface area contributed by atoms with E-state index in [0.29, 0.717) is 37.5 Å². The fourth-order valence-electron chi connectivity index (χ4n) is 6.06. The van der Waals surface area contributed by atoms with E-state index in [1.54, 1.807) is 19.9 Å². The van der Waals surface area contributed by atoms with Gasteiger partial charge in [0.1, 0.15) is 11.5 Å². The molecule has 0 saturated carbocycles. The summed E-state index contributed by atoms with van der Waals surface area (Å²) in [6.45, 7) is 8.57. The Morgan fingerprint density at radius 3 is 2.19 bits per heavy atom. The largest absolute Gasteiger partial charge is 0.393 e. The van der Waals surface area contributed by atoms with E-state index in [-0.39, 0.29) is 61.7 Å². The molecule has 47 heavy (non-hydrogen) atoms. The van der Waals surface area contributed by atoms with Crippen molar-refractivity contribution in [2.45, 2.75) is 52.5 Å². The highest BCUT2D eigenvalue weighted by molar-refractivity contribution is 6.39. The van der Waals surface area contributed by atoms with E-state index >= 15 is 4.39 Å². The number of allylic oxidation sites excluding steroid dienone is 1. The lowest BCUT2D eigenvalue weighted by molar-refractivity contribution is -0.118. The second-order valence-corrected chi connectivity index (χ2v) is 13.2. The highest BCUT2D eigenvalue weighted by Crippen LogP contribution is 2.30. The molecule has 0 aliphatic carbocycles. The van der Waals surface area contributed by atoms with Gasteiger partial charge in [0.15, 0.2) is 11.6 Å². The van der Waals surface area contributed by atoms with Crippen LogP contribution in [-0.4, -0.2) is 73.3 Å². The number of likely N-dealkylation sites (tertiary alicyclic amines) is 1. The molecule has 0 atom stereocenters. The van der Waals surface area contributed by atoms with Crippen molar-refractivity contribution >= 4 is 58.5 Å². The minimum absolute atomic E-state index is 0.0177. The molecule has 0 spiro atoms. The summed E-state index contributed by atoms with van der Waals surface area (Å²) in [5.74, 6) is -2.19. The predicted molar refractivity (Wildman–Crippen MR) is 182 cm³/mol. The number of hydrogen-bond acceptors (Lipinski definition) is 8. The van der Waals surface area contributed by atoms with Crippen molar-refractivity contribution in [1.82, 2.24) is 15.5 Å². The summed E-state index contributed by atoms with van der Waals surface area (Å²) in [6, 6.07) is 7.23. The molecule has 0 bridgehead atoms. The average Bonchev–Trinajstić information content (AvgIpc) is 3.03. The van der Waals surface area contributed by atoms with Crippen molar-refractivity contribution in [3.63, 3.8) is 0 Å². The number of rotatable bonds is 11. The van der Waals surface area contributed by atoms with Crippen molar-refractivity contribution in [2.75, 3.05) is 37.6 Å². The molecule has 0 radical (unpaired) electrons. The summed E-state index contributed by atoms with van der Waals surface area (Å²) in [5.41, 5.74) is 6.35. The Labute approximate surface area is 284 Å². The van der Waals surface area contributed by atoms with Crippen LogP contribution in [-0.2, 0) is 4.79 Å². The van der Waals surface area contributed by atoms with Crippen molar-refractivity contribution in [2.24, 2.45) is 17.6 Å². The summed E-state index contributed by atoms with van der Waals surface area (Å²) < 4.78 is 15.2. The molecule has 2 saturated heterocycles. The van der Waals surface area contributed by atoms with E-state index in [0.717, 1.165) is 38.7 Å². The summed E-state index contributed by atoms with van der Waals surface area (Å²) in [7, 11) is 0. The molecule has 0 aromatic heterocycles. The third-order valence-corrected chi connectivity index (χ3v) is 9.40. The topological polar surface area (TPSA) is 149 Å². The lowest BCUT2D eigenvalue weighted by Gasteiger charge is -2.38. The van der Waals surface area contributed by atoms with Gasteiger partial charge in [0.25, 0.3) is 11.8 Å². The van der Waals surface area contributed by atoms with Gasteiger partial charge in [-0.3, -0.25) is 19.2 Å². The Morgan fingerprint density at radius 1 is 1.02 bits per heavy atom. The molecule has 10 nitrogen and oxygen atoms in total. The molecular formula is C34H41Cl2FN6O4. The first-order valence-corrected chi connectivity index (χ1v) is 16.5. The van der Waals surface area contributed by atoms with Crippen molar-refractivity contribution in [3.8, 4) is 0 Å². The third-order valence-electron chi connectivity index (χ3n) is 8.77. The number of carbonyl (C=O) groups excluding carboxylic acids is 4. The first-order valence-electron chi connectivity index (χ1n) is 15.7. The Bertz CT molecular complexity index is 1560. The number of Topliss-reactive ketones (excluding diaryl/α,β-unsaturated/α-hetero) is 2. The van der Waals surface area contributed by atoms with E-state index in [2.05, 4.69) is 15.5 Å². The average molecular weight is 688 g/mol. The number of piperidine rings is 2. The zero-order valence-corrected chi connectivity index (χ0v) is 28.3. The number of nitrogens with one attached hydrogen (secondary N) is 3. The quantitative estimate of drug-likeness (QED) is 0.144. The molecule has 2 aliphatic rings. The molecule has 2 aliphatic heterocycles. The Hall–Kier alpha value is -3.80. The number of nitrogens with two attached hydrogens (primary N) is 1. The lowest BCUT2D eigenvalue weighted by Crippen LogP contribution is -2.48. The van der Waals surface area contributed by atoms with Gasteiger partial charge in [-0.15, -0.1) is 0 Å². The molecule has 2 heterocycles. The van der Waals surface area contributed by atoms with Gasteiger partial charge >= 0.3 is 0 Å². The van der Waals surface area contributed by atoms with Crippen LogP contribution in [0.4, 0.5) is 10.1 Å². The van der Waals surface area contributed by atoms with E-state index in [9.17, 15) is 19.2 Å². The molecule has 252 valence electrons. The number of halogens is 3. The van der Waals surface area contributed by atoms with Gasteiger partial charge in [0.2, 0.25) is 0 Å². The van der Waals surface area contributed by atoms with Crippen LogP contribution in [0.5, 0.6) is 0 Å². The normalized spacial score (nSPS) is 16.9. The summed E-state index contributed by atoms with van der Waals surface area (Å²) in [5, 5.41) is 13.3. The van der Waals surface area contributed by atoms with Gasteiger partial charge in [-0.25, -0.2) is 4.39 Å². The van der Waals surface area contributed by atoms with Gasteiger partial charge in [-0.2, -0.15) is 0 Å². The zero-order valence-electron chi connectivity index (χ0n) is 26.8. The van der Waals surface area contributed by atoms with Gasteiger partial charge < -0.3 is 31.6 Å². The molecule has 2 aromatic carbocycles. The predicted octanol–water partition coefficient (Wildman–Crippen LogP) is 5.22. The number of nitrogens with zero attached hydrogens (tertiary/aromatic N) is 2. The summed E-state index contributed by atoms with van der Waals surface area (Å²) in [4.78, 5) is 54.8. The Morgan fingerprint density at radius 2 is 1.64 bits per heavy atom. The summed E-state index contributed by atoms with van der Waals surface area (Å²) in [6.07, 6.45) is 3.93. The third kappa shape index (κ3) is 8.77. The van der Waals surface area contributed by atoms with Crippen LogP contribution in [0, 0.1) is 23.1 Å². The second-order valence-electron chi connectivity index (χ2n) is 12.4. The maximum Gasteiger partial charge on any atom is 0.269 e. The minimum Gasteiger partial charge on any atom is -0.393 e. The smallest absolute Gasteiger partial charge is 0.269 e. The van der Waals surface area contributed by atoms with Crippen LogP contribution in [0.25, 0.3) is 0 Å². The molecular weight excluding hydrogens is 646 g/mol. The second kappa shape index (κ2) is 15.9. The first-order chi connectivity index (χ1) is 22.3. The highest BCUT2D eigenvalue weighted by atomic mass is 35.5. The molecule has 2 fully saturated rings. The SMILES string of the molecule is CC(=O)c1cc(N2CCC(CN3CCC(NC(=O)/C(N)=C(/C=N)NC(=O)c4c(Cl)cccc4Cl)CC3)CC2)c(F)cc1C(=O)C(C)C. The molecule has 5 N–H and O–H groups in total. The highest BCUT2D eigenvalue weighted by Gasteiger charge is 2.29. The van der Waals surface area contributed by atoms with Gasteiger partial charge in [0.05, 0.1) is 27.0 Å². The Kier molecular flexibility index (Phi) is 12.2. The van der Waals surface area contributed by atoms with Gasteiger partial charge in [0, 0.05) is 62.0 Å². The maximum absolute atomic E-state index is 15.2. The maximum atomic E-state index is 15.2. The van der Waals surface area contributed by atoms with Gasteiger partial charge in [-0.1, -0.05) is 43.1 Å². The molecule has 4 rings (SSSR count). The van der Waals surface area contributed by atoms with E-state index in [4.69, 9.17) is 34.3 Å². The molecule has 13 heteroatoms. The van der Waals surface area contributed by atoms with Crippen LogP contribution in [0.3, 0.4) is 0 Å². The monoisotopic (exact) mass is 686 g/mol. The van der Waals surface area contributed by atoms with Crippen LogP contribution >= 0.6 is 23.2 Å². The number of ketones is 2. The number of carbonyl (C=O) groups is 4. The van der Waals surface area contributed by atoms with Crippen LogP contribution < -0.4 is 21.3 Å². The Balaban J connectivity index is 1.27. The van der Waals surface area contributed by atoms with Crippen LogP contribution in [0.15, 0.2) is 41.7 Å². The van der Waals surface area contributed by atoms with Crippen LogP contribution in [0.2, 0.25) is 10.0 Å². The number of anilines is 1. The van der Waals surface area contributed by atoms with Crippen molar-refractivity contribution in [3.05, 3.63) is 74.3 Å². The number of amides is 2. The van der Waals surface area contributed by atoms with E-state index in [1.807, 2.05) is 4.90 Å². The van der Waals surface area contributed by atoms with Gasteiger partial charge in [-0.05, 0) is 62.8 Å². The first kappa shape index (κ1) is 36.0. The minimum atomic E-state index is -0.684. The van der Waals surface area contributed by atoms with E-state index in [1.165, 1.54) is 31.2 Å². The van der Waals surface area contributed by atoms with Crippen LogP contribution in [0.1, 0.15) is 77.5 Å². The number of hydrogen-bond donors (Lipinski definition) is 4. The molecule has 2 aromatic rings. The zero-order chi connectivity index (χ0) is 34.4. The standard InChI is InChI=1S/C34H41Cl2FN6O4/c1-19(2)32(45)24-15-27(37)29(16-23(24)20(3)44)43-13-7-21(8-14-43)18-42-11-9-22(10-12-42)40-34(47)31(39)28(17-38)41-33(46)30-25(35)5-4-6-26(30)36/h4-6,15-17,19,21-22,38H,7-14,18,39H2,1-3H3,(H,40,47)(H,41,46)/b31-28+,38-17?. The molecule has 2 amide bonds. The van der Waals surface area contributed by atoms with Crippen molar-refractivity contribution in [1.29, 1.82) is 5.41 Å². The summed E-state index contributed by atoms with van der Waals surface area (Å²) >= 11 is 12.2. The fourth-order valence-corrected chi connectivity index (χ4v) is 6.63. The van der Waals surface area contributed by atoms with E-state index < -0.39 is 17.6 Å². The molecule has 0 unspecified atom stereocenters. The van der Waals surface area contributed by atoms with Crippen molar-refractivity contribution < 1.29 is 23.6 Å². The number of benzene rings is 2.